The van der Waals surface area contributed by atoms with Crippen LogP contribution >= 0.6 is 0 Å². The van der Waals surface area contributed by atoms with Crippen LogP contribution in [-0.4, -0.2) is 40.0 Å². The number of aliphatic carboxylic acids is 1. The van der Waals surface area contributed by atoms with E-state index in [4.69, 9.17) is 0 Å². The van der Waals surface area contributed by atoms with Crippen LogP contribution in [0.5, 0.6) is 0 Å². The van der Waals surface area contributed by atoms with Gasteiger partial charge in [-0.3, -0.25) is 14.5 Å². The van der Waals surface area contributed by atoms with Crippen molar-refractivity contribution in [2.24, 2.45) is 5.92 Å². The minimum absolute atomic E-state index is 0.124. The third kappa shape index (κ3) is 2.12. The van der Waals surface area contributed by atoms with E-state index in [0.29, 0.717) is 30.1 Å². The van der Waals surface area contributed by atoms with E-state index in [-0.39, 0.29) is 24.7 Å². The average molecular weight is 316 g/mol. The number of nitrogens with zero attached hydrogens (tertiary/aromatic N) is 2. The van der Waals surface area contributed by atoms with Crippen molar-refractivity contribution >= 4 is 23.5 Å². The Labute approximate surface area is 134 Å². The van der Waals surface area contributed by atoms with Crippen LogP contribution in [0.4, 0.5) is 5.69 Å². The molecule has 0 bridgehead atoms. The highest BCUT2D eigenvalue weighted by atomic mass is 16.4. The van der Waals surface area contributed by atoms with Gasteiger partial charge in [-0.25, -0.2) is 4.79 Å². The van der Waals surface area contributed by atoms with Crippen LogP contribution in [0.2, 0.25) is 0 Å². The molecule has 2 amide bonds. The molecule has 3 rings (SSSR count). The number of benzene rings is 1. The van der Waals surface area contributed by atoms with E-state index in [1.807, 2.05) is 13.8 Å². The van der Waals surface area contributed by atoms with Gasteiger partial charge in [0.05, 0.1) is 11.3 Å². The first kappa shape index (κ1) is 15.5. The lowest BCUT2D eigenvalue weighted by atomic mass is 9.95. The summed E-state index contributed by atoms with van der Waals surface area (Å²) in [5.74, 6) is -1.37. The van der Waals surface area contributed by atoms with Crippen molar-refractivity contribution in [3.63, 3.8) is 0 Å². The van der Waals surface area contributed by atoms with Crippen molar-refractivity contribution in [3.8, 4) is 0 Å². The summed E-state index contributed by atoms with van der Waals surface area (Å²) < 4.78 is 0. The highest BCUT2D eigenvalue weighted by Crippen LogP contribution is 2.44. The number of carboxylic acid groups (broad SMARTS) is 1. The summed E-state index contributed by atoms with van der Waals surface area (Å²) in [5.41, 5.74) is -0.788. The average Bonchev–Trinajstić information content (AvgIpc) is 2.86. The maximum absolute atomic E-state index is 12.9. The number of fused-ring (bicyclic) bond motifs is 3. The molecule has 1 saturated heterocycles. The van der Waals surface area contributed by atoms with Gasteiger partial charge in [-0.05, 0) is 24.5 Å². The molecule has 2 heterocycles. The second-order valence-corrected chi connectivity index (χ2v) is 6.51. The molecule has 0 unspecified atom stereocenters. The Bertz CT molecular complexity index is 685. The van der Waals surface area contributed by atoms with Crippen LogP contribution in [0.25, 0.3) is 0 Å². The summed E-state index contributed by atoms with van der Waals surface area (Å²) in [6.07, 6.45) is 0.941. The summed E-state index contributed by atoms with van der Waals surface area (Å²) in [4.78, 5) is 40.1. The van der Waals surface area contributed by atoms with Crippen molar-refractivity contribution in [1.29, 1.82) is 0 Å². The molecule has 1 atom stereocenters. The highest BCUT2D eigenvalue weighted by molar-refractivity contribution is 6.15. The van der Waals surface area contributed by atoms with E-state index in [1.165, 1.54) is 9.80 Å². The predicted octanol–water partition coefficient (Wildman–Crippen LogP) is 2.10. The summed E-state index contributed by atoms with van der Waals surface area (Å²) in [6, 6.07) is 6.74. The molecule has 2 aliphatic heterocycles. The lowest BCUT2D eigenvalue weighted by molar-refractivity contribution is -0.150. The highest BCUT2D eigenvalue weighted by Gasteiger charge is 2.61. The van der Waals surface area contributed by atoms with Gasteiger partial charge < -0.3 is 10.0 Å². The Balaban J connectivity index is 2.17. The van der Waals surface area contributed by atoms with Crippen molar-refractivity contribution < 1.29 is 19.5 Å². The molecule has 2 aliphatic rings. The summed E-state index contributed by atoms with van der Waals surface area (Å²) in [7, 11) is 0. The second kappa shape index (κ2) is 5.37. The molecule has 122 valence electrons. The third-order valence-corrected chi connectivity index (χ3v) is 4.65. The van der Waals surface area contributed by atoms with Gasteiger partial charge in [0, 0.05) is 19.4 Å². The summed E-state index contributed by atoms with van der Waals surface area (Å²) >= 11 is 0. The van der Waals surface area contributed by atoms with Gasteiger partial charge in [0.2, 0.25) is 11.6 Å². The van der Waals surface area contributed by atoms with E-state index < -0.39 is 11.6 Å². The van der Waals surface area contributed by atoms with Crippen LogP contribution in [0.3, 0.4) is 0 Å². The van der Waals surface area contributed by atoms with Gasteiger partial charge in [-0.15, -0.1) is 0 Å². The molecular weight excluding hydrogens is 296 g/mol. The predicted molar refractivity (Wildman–Crippen MR) is 84.0 cm³/mol. The quantitative estimate of drug-likeness (QED) is 0.922. The van der Waals surface area contributed by atoms with Gasteiger partial charge in [0.15, 0.2) is 0 Å². The first-order valence-corrected chi connectivity index (χ1v) is 7.87. The third-order valence-electron chi connectivity index (χ3n) is 4.65. The number of anilines is 1. The molecule has 1 fully saturated rings. The molecule has 6 heteroatoms. The number of hydrogen-bond donors (Lipinski definition) is 1. The number of carboxylic acids is 1. The molecule has 0 aliphatic carbocycles. The number of para-hydroxylation sites is 1. The Morgan fingerprint density at radius 1 is 1.30 bits per heavy atom. The standard InChI is InChI=1S/C17H20N2O4/c1-11(2)8-10-18-15(21)12-5-3-4-6-13(12)19-14(20)7-9-17(18,19)16(22)23/h3-6,11H,7-10H2,1-2H3,(H,22,23)/t17-/m1/s1. The first-order valence-electron chi connectivity index (χ1n) is 7.87. The topological polar surface area (TPSA) is 77.9 Å². The molecule has 1 aromatic rings. The molecule has 23 heavy (non-hydrogen) atoms. The Kier molecular flexibility index (Phi) is 3.62. The summed E-state index contributed by atoms with van der Waals surface area (Å²) in [6.45, 7) is 4.36. The molecule has 0 spiro atoms. The fourth-order valence-corrected chi connectivity index (χ4v) is 3.46. The van der Waals surface area contributed by atoms with Gasteiger partial charge in [0.25, 0.3) is 5.91 Å². The molecule has 1 aromatic carbocycles. The zero-order valence-electron chi connectivity index (χ0n) is 13.3. The maximum atomic E-state index is 12.9. The summed E-state index contributed by atoms with van der Waals surface area (Å²) in [5, 5.41) is 9.91. The second-order valence-electron chi connectivity index (χ2n) is 6.51. The smallest absolute Gasteiger partial charge is 0.351 e. The van der Waals surface area contributed by atoms with E-state index in [2.05, 4.69) is 0 Å². The Hall–Kier alpha value is -2.37. The lowest BCUT2D eigenvalue weighted by Gasteiger charge is -2.47. The van der Waals surface area contributed by atoms with Gasteiger partial charge in [0.1, 0.15) is 0 Å². The van der Waals surface area contributed by atoms with E-state index in [1.54, 1.807) is 24.3 Å². The molecular formula is C17H20N2O4. The van der Waals surface area contributed by atoms with Crippen LogP contribution in [0.1, 0.15) is 43.5 Å². The van der Waals surface area contributed by atoms with Crippen molar-refractivity contribution in [3.05, 3.63) is 29.8 Å². The van der Waals surface area contributed by atoms with E-state index >= 15 is 0 Å². The Morgan fingerprint density at radius 2 is 2.00 bits per heavy atom. The minimum atomic E-state index is -1.59. The normalized spacial score (nSPS) is 23.3. The van der Waals surface area contributed by atoms with Gasteiger partial charge in [-0.1, -0.05) is 26.0 Å². The molecule has 1 N–H and O–H groups in total. The number of carbonyl (C=O) groups is 3. The fraction of sp³-hybridized carbons (Fsp3) is 0.471. The van der Waals surface area contributed by atoms with E-state index in [0.717, 1.165) is 0 Å². The monoisotopic (exact) mass is 316 g/mol. The van der Waals surface area contributed by atoms with Gasteiger partial charge in [-0.2, -0.15) is 0 Å². The van der Waals surface area contributed by atoms with Crippen LogP contribution in [0.15, 0.2) is 24.3 Å². The zero-order chi connectivity index (χ0) is 16.8. The minimum Gasteiger partial charge on any atom is -0.478 e. The molecule has 6 nitrogen and oxygen atoms in total. The Morgan fingerprint density at radius 3 is 2.65 bits per heavy atom. The van der Waals surface area contributed by atoms with Gasteiger partial charge >= 0.3 is 5.97 Å². The fourth-order valence-electron chi connectivity index (χ4n) is 3.46. The van der Waals surface area contributed by atoms with Crippen LogP contribution in [0, 0.1) is 5.92 Å². The SMILES string of the molecule is CC(C)CCN1C(=O)c2ccccc2N2C(=O)CC[C@@]12C(=O)O. The first-order chi connectivity index (χ1) is 10.9. The molecule has 0 saturated carbocycles. The van der Waals surface area contributed by atoms with Crippen molar-refractivity contribution in [2.45, 2.75) is 38.8 Å². The molecule has 0 radical (unpaired) electrons. The van der Waals surface area contributed by atoms with Crippen molar-refractivity contribution in [2.75, 3.05) is 11.4 Å². The van der Waals surface area contributed by atoms with E-state index in [9.17, 15) is 19.5 Å². The number of hydrogen-bond acceptors (Lipinski definition) is 3. The zero-order valence-corrected chi connectivity index (χ0v) is 13.3. The van der Waals surface area contributed by atoms with Crippen LogP contribution < -0.4 is 4.90 Å². The maximum Gasteiger partial charge on any atom is 0.351 e. The van der Waals surface area contributed by atoms with Crippen LogP contribution in [-0.2, 0) is 9.59 Å². The number of rotatable bonds is 4. The van der Waals surface area contributed by atoms with Crippen molar-refractivity contribution in [1.82, 2.24) is 4.90 Å². The number of amides is 2. The lowest BCUT2D eigenvalue weighted by Crippen LogP contribution is -2.68. The molecule has 0 aromatic heterocycles. The number of carbonyl (C=O) groups excluding carboxylic acids is 2. The largest absolute Gasteiger partial charge is 0.478 e.